The second-order valence-electron chi connectivity index (χ2n) is 5.05. The van der Waals surface area contributed by atoms with Gasteiger partial charge in [-0.3, -0.25) is 4.79 Å². The molecule has 0 saturated heterocycles. The first-order valence-corrected chi connectivity index (χ1v) is 8.11. The number of carbonyl (C=O) groups excluding carboxylic acids is 1. The summed E-state index contributed by atoms with van der Waals surface area (Å²) in [6.45, 7) is 5.55. The van der Waals surface area contributed by atoms with Crippen LogP contribution in [0.1, 0.15) is 40.4 Å². The molecule has 1 aromatic carbocycles. The van der Waals surface area contributed by atoms with Gasteiger partial charge in [0, 0.05) is 5.56 Å². The van der Waals surface area contributed by atoms with Crippen molar-refractivity contribution in [3.8, 4) is 11.5 Å². The molecule has 0 aromatic heterocycles. The van der Waals surface area contributed by atoms with E-state index in [4.69, 9.17) is 9.47 Å². The Morgan fingerprint density at radius 2 is 1.76 bits per heavy atom. The highest BCUT2D eigenvalue weighted by Crippen LogP contribution is 2.40. The Kier molecular flexibility index (Phi) is 6.55. The Labute approximate surface area is 130 Å². The summed E-state index contributed by atoms with van der Waals surface area (Å²) >= 11 is 1.17. The van der Waals surface area contributed by atoms with Crippen molar-refractivity contribution >= 4 is 16.9 Å². The first kappa shape index (κ1) is 17.9. The fourth-order valence-corrected chi connectivity index (χ4v) is 2.99. The maximum absolute atomic E-state index is 12.2. The van der Waals surface area contributed by atoms with E-state index in [0.29, 0.717) is 24.2 Å². The van der Waals surface area contributed by atoms with Gasteiger partial charge in [0.1, 0.15) is 11.5 Å². The van der Waals surface area contributed by atoms with Crippen LogP contribution in [0.25, 0.3) is 0 Å². The normalized spacial score (nSPS) is 12.1. The smallest absolute Gasteiger partial charge is 0.223 e. The second kappa shape index (κ2) is 7.71. The lowest BCUT2D eigenvalue weighted by molar-refractivity contribution is 0.108. The van der Waals surface area contributed by atoms with E-state index in [9.17, 15) is 9.90 Å². The average molecular weight is 312 g/mol. The zero-order valence-corrected chi connectivity index (χ0v) is 14.4. The summed E-state index contributed by atoms with van der Waals surface area (Å²) in [7, 11) is 3.18. The molecule has 0 radical (unpaired) electrons. The molecule has 0 spiro atoms. The molecule has 0 aliphatic heterocycles. The standard InChI is InChI=1S/C16H24O4S/c1-9(17)7-8-12-10(2)13(16(18)21-6)15(20-5)11(3)14(12)19-4/h9,17H,7-8H2,1-6H3/t9-/m1/s1. The number of rotatable bonds is 6. The number of ether oxygens (including phenoxy) is 2. The summed E-state index contributed by atoms with van der Waals surface area (Å²) in [5.41, 5.74) is 3.26. The molecule has 4 nitrogen and oxygen atoms in total. The summed E-state index contributed by atoms with van der Waals surface area (Å²) < 4.78 is 11.0. The molecule has 1 aromatic rings. The van der Waals surface area contributed by atoms with Crippen molar-refractivity contribution in [3.05, 3.63) is 22.3 Å². The van der Waals surface area contributed by atoms with Crippen LogP contribution in [0.3, 0.4) is 0 Å². The summed E-state index contributed by atoms with van der Waals surface area (Å²) in [6.07, 6.45) is 2.65. The van der Waals surface area contributed by atoms with Crippen molar-refractivity contribution < 1.29 is 19.4 Å². The van der Waals surface area contributed by atoms with Crippen LogP contribution in [0, 0.1) is 13.8 Å². The summed E-state index contributed by atoms with van der Waals surface area (Å²) in [4.78, 5) is 12.2. The molecular weight excluding hydrogens is 288 g/mol. The van der Waals surface area contributed by atoms with Gasteiger partial charge in [-0.1, -0.05) is 11.8 Å². The lowest BCUT2D eigenvalue weighted by Gasteiger charge is -2.21. The van der Waals surface area contributed by atoms with E-state index in [1.54, 1.807) is 27.4 Å². The number of hydrogen-bond acceptors (Lipinski definition) is 5. The van der Waals surface area contributed by atoms with E-state index < -0.39 is 6.10 Å². The number of aliphatic hydroxyl groups is 1. The van der Waals surface area contributed by atoms with E-state index in [1.807, 2.05) is 13.8 Å². The fraction of sp³-hybridized carbons (Fsp3) is 0.562. The summed E-state index contributed by atoms with van der Waals surface area (Å²) in [5.74, 6) is 1.31. The minimum absolute atomic E-state index is 0.0200. The van der Waals surface area contributed by atoms with Gasteiger partial charge in [-0.2, -0.15) is 0 Å². The van der Waals surface area contributed by atoms with Crippen LogP contribution < -0.4 is 9.47 Å². The average Bonchev–Trinajstić information content (AvgIpc) is 2.45. The Balaban J connectivity index is 3.54. The van der Waals surface area contributed by atoms with Gasteiger partial charge in [-0.25, -0.2) is 0 Å². The van der Waals surface area contributed by atoms with E-state index >= 15 is 0 Å². The monoisotopic (exact) mass is 312 g/mol. The molecule has 0 aliphatic carbocycles. The van der Waals surface area contributed by atoms with Crippen molar-refractivity contribution in [3.63, 3.8) is 0 Å². The molecule has 0 amide bonds. The van der Waals surface area contributed by atoms with Gasteiger partial charge in [0.2, 0.25) is 5.12 Å². The molecule has 0 fully saturated rings. The molecule has 0 bridgehead atoms. The molecule has 5 heteroatoms. The fourth-order valence-electron chi connectivity index (χ4n) is 2.54. The quantitative estimate of drug-likeness (QED) is 0.874. The molecule has 1 rings (SSSR count). The number of methoxy groups -OCH3 is 2. The van der Waals surface area contributed by atoms with Crippen LogP contribution in [-0.4, -0.2) is 36.8 Å². The topological polar surface area (TPSA) is 55.8 Å². The summed E-state index contributed by atoms with van der Waals surface area (Å²) in [5, 5.41) is 9.51. The van der Waals surface area contributed by atoms with E-state index in [-0.39, 0.29) is 5.12 Å². The molecule has 21 heavy (non-hydrogen) atoms. The third-order valence-electron chi connectivity index (χ3n) is 3.62. The Bertz CT molecular complexity index is 524. The molecule has 0 unspecified atom stereocenters. The van der Waals surface area contributed by atoms with E-state index in [0.717, 1.165) is 22.4 Å². The second-order valence-corrected chi connectivity index (χ2v) is 5.83. The first-order chi connectivity index (χ1) is 9.88. The van der Waals surface area contributed by atoms with Gasteiger partial charge in [0.15, 0.2) is 0 Å². The highest BCUT2D eigenvalue weighted by atomic mass is 32.2. The molecule has 1 N–H and O–H groups in total. The van der Waals surface area contributed by atoms with Gasteiger partial charge in [0.25, 0.3) is 0 Å². The number of carbonyl (C=O) groups is 1. The third kappa shape index (κ3) is 3.71. The highest BCUT2D eigenvalue weighted by Gasteiger charge is 2.24. The van der Waals surface area contributed by atoms with Crippen molar-refractivity contribution in [1.29, 1.82) is 0 Å². The van der Waals surface area contributed by atoms with E-state index in [2.05, 4.69) is 0 Å². The van der Waals surface area contributed by atoms with Gasteiger partial charge >= 0.3 is 0 Å². The maximum atomic E-state index is 12.2. The Hall–Kier alpha value is -1.20. The van der Waals surface area contributed by atoms with E-state index in [1.165, 1.54) is 11.8 Å². The third-order valence-corrected chi connectivity index (χ3v) is 4.19. The zero-order valence-electron chi connectivity index (χ0n) is 13.6. The lowest BCUT2D eigenvalue weighted by Crippen LogP contribution is -2.10. The number of hydrogen-bond donors (Lipinski definition) is 1. The predicted octanol–water partition coefficient (Wildman–Crippen LogP) is 3.14. The zero-order chi connectivity index (χ0) is 16.2. The highest BCUT2D eigenvalue weighted by molar-refractivity contribution is 8.13. The molecular formula is C16H24O4S. The Morgan fingerprint density at radius 3 is 2.19 bits per heavy atom. The van der Waals surface area contributed by atoms with Crippen molar-refractivity contribution in [2.24, 2.45) is 0 Å². The molecule has 1 atom stereocenters. The van der Waals surface area contributed by atoms with Gasteiger partial charge in [0.05, 0.1) is 25.9 Å². The van der Waals surface area contributed by atoms with Crippen molar-refractivity contribution in [2.75, 3.05) is 20.5 Å². The van der Waals surface area contributed by atoms with Crippen LogP contribution in [0.5, 0.6) is 11.5 Å². The minimum Gasteiger partial charge on any atom is -0.496 e. The summed E-state index contributed by atoms with van der Waals surface area (Å²) in [6, 6.07) is 0. The lowest BCUT2D eigenvalue weighted by atomic mass is 9.93. The van der Waals surface area contributed by atoms with Crippen LogP contribution in [0.4, 0.5) is 0 Å². The van der Waals surface area contributed by atoms with Gasteiger partial charge in [-0.15, -0.1) is 0 Å². The Morgan fingerprint density at radius 1 is 1.19 bits per heavy atom. The number of aliphatic hydroxyl groups excluding tert-OH is 1. The van der Waals surface area contributed by atoms with Crippen LogP contribution in [0.2, 0.25) is 0 Å². The minimum atomic E-state index is -0.392. The SMILES string of the molecule is COc1c(C)c(OC)c(C(=O)SC)c(C)c1CC[C@@H](C)O. The van der Waals surface area contributed by atoms with Crippen LogP contribution >= 0.6 is 11.8 Å². The molecule has 0 aliphatic rings. The molecule has 118 valence electrons. The predicted molar refractivity (Wildman–Crippen MR) is 86.9 cm³/mol. The molecule has 0 saturated carbocycles. The van der Waals surface area contributed by atoms with Crippen LogP contribution in [-0.2, 0) is 6.42 Å². The number of benzene rings is 1. The van der Waals surface area contributed by atoms with Gasteiger partial charge < -0.3 is 14.6 Å². The molecule has 0 heterocycles. The first-order valence-electron chi connectivity index (χ1n) is 6.89. The van der Waals surface area contributed by atoms with Gasteiger partial charge in [-0.05, 0) is 51.0 Å². The largest absolute Gasteiger partial charge is 0.496 e. The van der Waals surface area contributed by atoms with Crippen molar-refractivity contribution in [1.82, 2.24) is 0 Å². The number of thioether (sulfide) groups is 1. The van der Waals surface area contributed by atoms with Crippen LogP contribution in [0.15, 0.2) is 0 Å². The van der Waals surface area contributed by atoms with Crippen molar-refractivity contribution in [2.45, 2.75) is 39.7 Å². The maximum Gasteiger partial charge on any atom is 0.223 e.